The van der Waals surface area contributed by atoms with Gasteiger partial charge in [0.25, 0.3) is 5.91 Å². The number of primary amides is 1. The van der Waals surface area contributed by atoms with Crippen LogP contribution < -0.4 is 16.4 Å². The van der Waals surface area contributed by atoms with E-state index in [1.165, 1.54) is 11.3 Å². The fourth-order valence-corrected chi connectivity index (χ4v) is 3.14. The monoisotopic (exact) mass is 284 g/mol. The summed E-state index contributed by atoms with van der Waals surface area (Å²) in [6.07, 6.45) is 1.79. The normalized spacial score (nSPS) is 23.5. The molecule has 2 unspecified atom stereocenters. The molecular formula is C16H20N4O. The second-order valence-corrected chi connectivity index (χ2v) is 6.00. The third kappa shape index (κ3) is 2.18. The molecule has 1 aromatic carbocycles. The van der Waals surface area contributed by atoms with Gasteiger partial charge in [0.1, 0.15) is 12.0 Å². The molecule has 2 aliphatic rings. The second-order valence-electron chi connectivity index (χ2n) is 6.00. The SMILES string of the molecule is CC(C)CN1c2ccccc2C2C=C(C(N)=O)C(N)=NC21. The second kappa shape index (κ2) is 4.91. The van der Waals surface area contributed by atoms with Crippen LogP contribution in [0.1, 0.15) is 25.3 Å². The van der Waals surface area contributed by atoms with Crippen LogP contribution in [-0.4, -0.2) is 24.5 Å². The Hall–Kier alpha value is -2.30. The van der Waals surface area contributed by atoms with E-state index in [4.69, 9.17) is 11.5 Å². The molecule has 5 nitrogen and oxygen atoms in total. The number of fused-ring (bicyclic) bond motifs is 3. The van der Waals surface area contributed by atoms with Crippen molar-refractivity contribution in [3.05, 3.63) is 41.5 Å². The van der Waals surface area contributed by atoms with Gasteiger partial charge in [-0.15, -0.1) is 0 Å². The lowest BCUT2D eigenvalue weighted by Gasteiger charge is -2.30. The van der Waals surface area contributed by atoms with Crippen LogP contribution in [0.3, 0.4) is 0 Å². The number of carbonyl (C=O) groups excluding carboxylic acids is 1. The van der Waals surface area contributed by atoms with Crippen molar-refractivity contribution in [1.29, 1.82) is 0 Å². The minimum absolute atomic E-state index is 0.0368. The minimum atomic E-state index is -0.519. The van der Waals surface area contributed by atoms with Gasteiger partial charge in [0.2, 0.25) is 0 Å². The van der Waals surface area contributed by atoms with Gasteiger partial charge in [-0.3, -0.25) is 4.79 Å². The van der Waals surface area contributed by atoms with Crippen molar-refractivity contribution >= 4 is 17.4 Å². The molecule has 0 bridgehead atoms. The fourth-order valence-electron chi connectivity index (χ4n) is 3.14. The first-order valence-electron chi connectivity index (χ1n) is 7.20. The lowest BCUT2D eigenvalue weighted by molar-refractivity contribution is -0.114. The van der Waals surface area contributed by atoms with Crippen molar-refractivity contribution in [2.24, 2.45) is 22.4 Å². The topological polar surface area (TPSA) is 84.7 Å². The van der Waals surface area contributed by atoms with Crippen molar-refractivity contribution in [3.63, 3.8) is 0 Å². The van der Waals surface area contributed by atoms with Crippen LogP contribution in [0.4, 0.5) is 5.69 Å². The molecule has 0 radical (unpaired) electrons. The van der Waals surface area contributed by atoms with Gasteiger partial charge >= 0.3 is 0 Å². The first-order valence-corrected chi connectivity index (χ1v) is 7.20. The molecule has 0 spiro atoms. The van der Waals surface area contributed by atoms with Crippen LogP contribution in [0.25, 0.3) is 0 Å². The van der Waals surface area contributed by atoms with E-state index in [-0.39, 0.29) is 17.9 Å². The highest BCUT2D eigenvalue weighted by Gasteiger charge is 2.40. The summed E-state index contributed by atoms with van der Waals surface area (Å²) in [5, 5.41) is 0. The quantitative estimate of drug-likeness (QED) is 0.878. The molecule has 2 aliphatic heterocycles. The Morgan fingerprint density at radius 1 is 1.38 bits per heavy atom. The van der Waals surface area contributed by atoms with E-state index < -0.39 is 5.91 Å². The molecule has 0 aliphatic carbocycles. The summed E-state index contributed by atoms with van der Waals surface area (Å²) in [7, 11) is 0. The fraction of sp³-hybridized carbons (Fsp3) is 0.375. The van der Waals surface area contributed by atoms with E-state index in [1.54, 1.807) is 0 Å². The van der Waals surface area contributed by atoms with Gasteiger partial charge in [-0.05, 0) is 17.5 Å². The number of rotatable bonds is 3. The number of amidine groups is 1. The van der Waals surface area contributed by atoms with Gasteiger partial charge < -0.3 is 16.4 Å². The zero-order valence-corrected chi connectivity index (χ0v) is 12.3. The van der Waals surface area contributed by atoms with E-state index in [1.807, 2.05) is 18.2 Å². The predicted octanol–water partition coefficient (Wildman–Crippen LogP) is 1.35. The van der Waals surface area contributed by atoms with E-state index in [9.17, 15) is 4.79 Å². The molecule has 0 fully saturated rings. The van der Waals surface area contributed by atoms with E-state index >= 15 is 0 Å². The maximum absolute atomic E-state index is 11.5. The van der Waals surface area contributed by atoms with Gasteiger partial charge in [0, 0.05) is 18.2 Å². The highest BCUT2D eigenvalue weighted by molar-refractivity contribution is 6.20. The number of benzene rings is 1. The highest BCUT2D eigenvalue weighted by atomic mass is 16.1. The third-order valence-electron chi connectivity index (χ3n) is 3.97. The van der Waals surface area contributed by atoms with Crippen molar-refractivity contribution < 1.29 is 4.79 Å². The van der Waals surface area contributed by atoms with Crippen LogP contribution in [0.15, 0.2) is 40.9 Å². The lowest BCUT2D eigenvalue weighted by atomic mass is 9.93. The van der Waals surface area contributed by atoms with E-state index in [0.717, 1.165) is 6.54 Å². The number of carbonyl (C=O) groups is 1. The molecule has 1 amide bonds. The number of nitrogens with zero attached hydrogens (tertiary/aromatic N) is 2. The smallest absolute Gasteiger partial charge is 0.252 e. The van der Waals surface area contributed by atoms with Crippen molar-refractivity contribution in [2.45, 2.75) is 25.9 Å². The third-order valence-corrected chi connectivity index (χ3v) is 3.97. The van der Waals surface area contributed by atoms with Crippen LogP contribution in [-0.2, 0) is 4.79 Å². The summed E-state index contributed by atoms with van der Waals surface area (Å²) < 4.78 is 0. The molecule has 3 rings (SSSR count). The summed E-state index contributed by atoms with van der Waals surface area (Å²) in [5.74, 6) is 0.268. The van der Waals surface area contributed by atoms with Crippen LogP contribution in [0.5, 0.6) is 0 Å². The lowest BCUT2D eigenvalue weighted by Crippen LogP contribution is -2.40. The van der Waals surface area contributed by atoms with Gasteiger partial charge in [-0.1, -0.05) is 38.1 Å². The number of nitrogens with two attached hydrogens (primary N) is 2. The van der Waals surface area contributed by atoms with Crippen LogP contribution >= 0.6 is 0 Å². The van der Waals surface area contributed by atoms with Crippen molar-refractivity contribution in [1.82, 2.24) is 0 Å². The molecule has 0 saturated heterocycles. The first kappa shape index (κ1) is 13.7. The molecule has 0 saturated carbocycles. The summed E-state index contributed by atoms with van der Waals surface area (Å²) >= 11 is 0. The van der Waals surface area contributed by atoms with Crippen LogP contribution in [0.2, 0.25) is 0 Å². The molecule has 21 heavy (non-hydrogen) atoms. The molecule has 4 N–H and O–H groups in total. The Labute approximate surface area is 124 Å². The molecule has 2 heterocycles. The standard InChI is InChI=1S/C16H20N4O/c1-9(2)8-20-13-6-4-3-5-10(13)11-7-12(15(18)21)14(17)19-16(11)20/h3-7,9,11,16H,8H2,1-2H3,(H2,17,19)(H2,18,21). The number of dihydropyridines is 1. The molecule has 2 atom stereocenters. The number of aliphatic imine (C=N–C) groups is 1. The first-order chi connectivity index (χ1) is 9.99. The average Bonchev–Trinajstić information content (AvgIpc) is 2.71. The molecule has 1 aromatic rings. The summed E-state index contributed by atoms with van der Waals surface area (Å²) in [6.45, 7) is 5.25. The maximum atomic E-state index is 11.5. The number of hydrogen-bond acceptors (Lipinski definition) is 4. The van der Waals surface area contributed by atoms with Gasteiger partial charge in [-0.25, -0.2) is 4.99 Å². The van der Waals surface area contributed by atoms with Gasteiger partial charge in [0.15, 0.2) is 0 Å². The van der Waals surface area contributed by atoms with Crippen molar-refractivity contribution in [2.75, 3.05) is 11.4 Å². The molecule has 5 heteroatoms. The van der Waals surface area contributed by atoms with Crippen LogP contribution in [0, 0.1) is 5.92 Å². The Balaban J connectivity index is 2.08. The number of hydrogen-bond donors (Lipinski definition) is 2. The summed E-state index contributed by atoms with van der Waals surface area (Å²) in [5.41, 5.74) is 14.0. The maximum Gasteiger partial charge on any atom is 0.252 e. The molecular weight excluding hydrogens is 264 g/mol. The Morgan fingerprint density at radius 2 is 2.10 bits per heavy atom. The minimum Gasteiger partial charge on any atom is -0.383 e. The van der Waals surface area contributed by atoms with Gasteiger partial charge in [-0.2, -0.15) is 0 Å². The van der Waals surface area contributed by atoms with Crippen molar-refractivity contribution in [3.8, 4) is 0 Å². The predicted molar refractivity (Wildman–Crippen MR) is 84.1 cm³/mol. The molecule has 110 valence electrons. The van der Waals surface area contributed by atoms with E-state index in [0.29, 0.717) is 11.5 Å². The average molecular weight is 284 g/mol. The summed E-state index contributed by atoms with van der Waals surface area (Å²) in [6, 6.07) is 8.21. The Bertz CT molecular complexity index is 647. The number of para-hydroxylation sites is 1. The largest absolute Gasteiger partial charge is 0.383 e. The Morgan fingerprint density at radius 3 is 2.76 bits per heavy atom. The highest BCUT2D eigenvalue weighted by Crippen LogP contribution is 2.44. The Kier molecular flexibility index (Phi) is 3.20. The molecule has 0 aromatic heterocycles. The van der Waals surface area contributed by atoms with Gasteiger partial charge in [0.05, 0.1) is 5.57 Å². The number of amides is 1. The number of anilines is 1. The van der Waals surface area contributed by atoms with E-state index in [2.05, 4.69) is 35.9 Å². The summed E-state index contributed by atoms with van der Waals surface area (Å²) in [4.78, 5) is 18.3. The zero-order valence-electron chi connectivity index (χ0n) is 12.3. The zero-order chi connectivity index (χ0) is 15.1.